The minimum Gasteiger partial charge on any atom is -0.351 e. The van der Waals surface area contributed by atoms with Crippen molar-refractivity contribution < 1.29 is 9.18 Å². The second-order valence-corrected chi connectivity index (χ2v) is 12.2. The molecule has 1 amide bonds. The van der Waals surface area contributed by atoms with Gasteiger partial charge in [0.2, 0.25) is 5.91 Å². The van der Waals surface area contributed by atoms with Gasteiger partial charge in [-0.3, -0.25) is 9.78 Å². The summed E-state index contributed by atoms with van der Waals surface area (Å²) in [5, 5.41) is 19.7. The van der Waals surface area contributed by atoms with E-state index in [0.717, 1.165) is 0 Å². The summed E-state index contributed by atoms with van der Waals surface area (Å²) in [5.74, 6) is -0.240. The van der Waals surface area contributed by atoms with Gasteiger partial charge in [-0.15, -0.1) is 5.10 Å². The molecule has 0 saturated carbocycles. The van der Waals surface area contributed by atoms with Gasteiger partial charge in [-0.25, -0.2) is 14.1 Å². The lowest BCUT2D eigenvalue weighted by Gasteiger charge is -2.43. The van der Waals surface area contributed by atoms with Crippen molar-refractivity contribution in [2.45, 2.75) is 44.3 Å². The van der Waals surface area contributed by atoms with E-state index < -0.39 is 5.82 Å². The number of fused-ring (bicyclic) bond motifs is 3. The number of hydrogen-bond donors (Lipinski definition) is 0. The molecule has 2 atom stereocenters. The van der Waals surface area contributed by atoms with Crippen LogP contribution in [0.2, 0.25) is 10.0 Å². The number of likely N-dealkylation sites (N-methyl/N-ethyl adjacent to an activating group) is 1. The van der Waals surface area contributed by atoms with Crippen LogP contribution in [0, 0.1) is 24.1 Å². The third kappa shape index (κ3) is 4.87. The number of benzene rings is 1. The van der Waals surface area contributed by atoms with Crippen molar-refractivity contribution >= 4 is 56.9 Å². The highest BCUT2D eigenvalue weighted by molar-refractivity contribution is 6.35. The average Bonchev–Trinajstić information content (AvgIpc) is 3.40. The Morgan fingerprint density at radius 2 is 2.02 bits per heavy atom. The molecule has 5 heterocycles. The van der Waals surface area contributed by atoms with Crippen molar-refractivity contribution in [3.63, 3.8) is 0 Å². The van der Waals surface area contributed by atoms with Crippen molar-refractivity contribution in [3.05, 3.63) is 52.5 Å². The van der Waals surface area contributed by atoms with E-state index in [9.17, 15) is 10.1 Å². The van der Waals surface area contributed by atoms with Crippen LogP contribution in [0.1, 0.15) is 30.9 Å². The summed E-state index contributed by atoms with van der Waals surface area (Å²) < 4.78 is 18.5. The maximum absolute atomic E-state index is 16.7. The molecule has 2 saturated heterocycles. The fourth-order valence-electron chi connectivity index (χ4n) is 6.14. The molecule has 0 bridgehead atoms. The van der Waals surface area contributed by atoms with Crippen molar-refractivity contribution in [1.82, 2.24) is 34.8 Å². The molecule has 6 rings (SSSR count). The fraction of sp³-hybridized carbons (Fsp3) is 0.400. The molecule has 43 heavy (non-hydrogen) atoms. The summed E-state index contributed by atoms with van der Waals surface area (Å²) in [6.45, 7) is 7.25. The SMILES string of the molecule is C=CC(=O)N1CC[C@H](n2nnc3c(N4CC(N(C)C)C4)nc4c(F)c(-c5cncc(Cl)c5C)c(Cl)cc4c32)C[C@H]1CC#N. The highest BCUT2D eigenvalue weighted by atomic mass is 35.5. The van der Waals surface area contributed by atoms with Gasteiger partial charge in [0, 0.05) is 60.6 Å². The van der Waals surface area contributed by atoms with E-state index in [1.807, 2.05) is 14.1 Å². The zero-order chi connectivity index (χ0) is 30.6. The number of halogens is 3. The Morgan fingerprint density at radius 1 is 1.26 bits per heavy atom. The molecule has 0 N–H and O–H groups in total. The number of pyridine rings is 2. The summed E-state index contributed by atoms with van der Waals surface area (Å²) in [7, 11) is 4.05. The molecule has 3 aromatic heterocycles. The van der Waals surface area contributed by atoms with Crippen LogP contribution in [0.4, 0.5) is 10.2 Å². The van der Waals surface area contributed by atoms with Crippen LogP contribution in [0.25, 0.3) is 33.1 Å². The van der Waals surface area contributed by atoms with Crippen molar-refractivity contribution in [2.75, 3.05) is 38.6 Å². The van der Waals surface area contributed by atoms with E-state index in [-0.39, 0.29) is 40.5 Å². The van der Waals surface area contributed by atoms with E-state index in [4.69, 9.17) is 28.2 Å². The number of carbonyl (C=O) groups is 1. The first kappa shape index (κ1) is 29.2. The quantitative estimate of drug-likeness (QED) is 0.271. The maximum atomic E-state index is 16.7. The topological polar surface area (TPSA) is 107 Å². The zero-order valence-corrected chi connectivity index (χ0v) is 25.6. The van der Waals surface area contributed by atoms with Crippen molar-refractivity contribution in [3.8, 4) is 17.2 Å². The van der Waals surface area contributed by atoms with Gasteiger partial charge in [0.1, 0.15) is 11.0 Å². The largest absolute Gasteiger partial charge is 0.351 e. The number of nitrogens with zero attached hydrogens (tertiary/aromatic N) is 9. The van der Waals surface area contributed by atoms with E-state index in [1.54, 1.807) is 28.8 Å². The van der Waals surface area contributed by atoms with Crippen LogP contribution in [0.5, 0.6) is 0 Å². The highest BCUT2D eigenvalue weighted by Gasteiger charge is 2.36. The monoisotopic (exact) mass is 621 g/mol. The van der Waals surface area contributed by atoms with E-state index in [1.165, 1.54) is 12.3 Å². The van der Waals surface area contributed by atoms with Gasteiger partial charge < -0.3 is 14.7 Å². The van der Waals surface area contributed by atoms with Gasteiger partial charge in [-0.1, -0.05) is 35.0 Å². The Labute approximate surface area is 258 Å². The third-order valence-corrected chi connectivity index (χ3v) is 9.38. The average molecular weight is 623 g/mol. The Bertz CT molecular complexity index is 1810. The number of anilines is 1. The van der Waals surface area contributed by atoms with E-state index in [2.05, 4.69) is 37.7 Å². The van der Waals surface area contributed by atoms with E-state index >= 15 is 4.39 Å². The summed E-state index contributed by atoms with van der Waals surface area (Å²) in [4.78, 5) is 27.4. The number of nitriles is 1. The number of piperidine rings is 1. The van der Waals surface area contributed by atoms with Crippen molar-refractivity contribution in [2.24, 2.45) is 0 Å². The molecule has 2 fully saturated rings. The molecule has 13 heteroatoms. The van der Waals surface area contributed by atoms with Gasteiger partial charge in [0.05, 0.1) is 28.6 Å². The molecular weight excluding hydrogens is 592 g/mol. The Morgan fingerprint density at radius 3 is 2.72 bits per heavy atom. The molecule has 0 aliphatic carbocycles. The molecule has 222 valence electrons. The van der Waals surface area contributed by atoms with Gasteiger partial charge in [0.25, 0.3) is 0 Å². The van der Waals surface area contributed by atoms with Gasteiger partial charge >= 0.3 is 0 Å². The van der Waals surface area contributed by atoms with Crippen LogP contribution in [-0.4, -0.2) is 86.5 Å². The predicted octanol–water partition coefficient (Wildman–Crippen LogP) is 5.18. The normalized spacial score (nSPS) is 19.2. The summed E-state index contributed by atoms with van der Waals surface area (Å²) in [5.41, 5.74) is 2.64. The Balaban J connectivity index is 1.55. The van der Waals surface area contributed by atoms with Crippen LogP contribution < -0.4 is 4.90 Å². The molecule has 10 nitrogen and oxygen atoms in total. The summed E-state index contributed by atoms with van der Waals surface area (Å²) >= 11 is 13.1. The lowest BCUT2D eigenvalue weighted by atomic mass is 9.94. The van der Waals surface area contributed by atoms with E-state index in [0.29, 0.717) is 76.9 Å². The van der Waals surface area contributed by atoms with Crippen LogP contribution >= 0.6 is 23.2 Å². The number of carbonyl (C=O) groups excluding carboxylic acids is 1. The van der Waals surface area contributed by atoms with Crippen LogP contribution in [-0.2, 0) is 4.79 Å². The molecule has 2 aliphatic heterocycles. The second-order valence-electron chi connectivity index (χ2n) is 11.4. The molecule has 2 aliphatic rings. The number of amides is 1. The van der Waals surface area contributed by atoms with Crippen molar-refractivity contribution in [1.29, 1.82) is 5.26 Å². The lowest BCUT2D eigenvalue weighted by Crippen LogP contribution is -2.57. The number of likely N-dealkylation sites (tertiary alicyclic amines) is 1. The highest BCUT2D eigenvalue weighted by Crippen LogP contribution is 2.43. The van der Waals surface area contributed by atoms with Gasteiger partial charge in [-0.05, 0) is 51.6 Å². The minimum atomic E-state index is -0.580. The first-order valence-corrected chi connectivity index (χ1v) is 14.8. The van der Waals surface area contributed by atoms with Crippen LogP contribution in [0.15, 0.2) is 31.1 Å². The smallest absolute Gasteiger partial charge is 0.246 e. The molecular formula is C30H30Cl2FN9O. The Hall–Kier alpha value is -3.85. The summed E-state index contributed by atoms with van der Waals surface area (Å²) in [6, 6.07) is 3.72. The second kappa shape index (κ2) is 11.3. The minimum absolute atomic E-state index is 0.144. The van der Waals surface area contributed by atoms with Gasteiger partial charge in [-0.2, -0.15) is 5.26 Å². The molecule has 0 radical (unpaired) electrons. The zero-order valence-electron chi connectivity index (χ0n) is 24.1. The molecule has 0 spiro atoms. The maximum Gasteiger partial charge on any atom is 0.246 e. The molecule has 1 aromatic carbocycles. The molecule has 4 aromatic rings. The number of hydrogen-bond acceptors (Lipinski definition) is 8. The fourth-order valence-corrected chi connectivity index (χ4v) is 6.59. The number of rotatable bonds is 6. The van der Waals surface area contributed by atoms with Gasteiger partial charge in [0.15, 0.2) is 17.2 Å². The predicted molar refractivity (Wildman–Crippen MR) is 165 cm³/mol. The first-order chi connectivity index (χ1) is 20.6. The molecule has 0 unspecified atom stereocenters. The Kier molecular flexibility index (Phi) is 7.71. The summed E-state index contributed by atoms with van der Waals surface area (Å²) in [6.07, 6.45) is 5.57. The van der Waals surface area contributed by atoms with Crippen LogP contribution in [0.3, 0.4) is 0 Å². The standard InChI is InChI=1S/C30H30Cl2FN9O/c1-5-24(43)41-9-7-18(10-17(41)6-8-34)42-29-20-11-22(31)25(21-12-35-13-23(32)16(21)2)26(33)27(20)36-30(28(29)37-38-42)40-14-19(15-40)39(3)4/h5,11-13,17-19H,1,6-7,9-10,14-15H2,2-4H3/t17-,18+/m1/s1. The first-order valence-electron chi connectivity index (χ1n) is 14.0. The third-order valence-electron chi connectivity index (χ3n) is 8.71. The number of aromatic nitrogens is 5. The lowest BCUT2D eigenvalue weighted by molar-refractivity contribution is -0.130.